The van der Waals surface area contributed by atoms with Crippen LogP contribution in [0.4, 0.5) is 10.1 Å². The average Bonchev–Trinajstić information content (AvgIpc) is 2.53. The predicted octanol–water partition coefficient (Wildman–Crippen LogP) is 3.86. The van der Waals surface area contributed by atoms with Crippen molar-refractivity contribution in [2.24, 2.45) is 0 Å². The average molecular weight is 277 g/mol. The van der Waals surface area contributed by atoms with E-state index >= 15 is 0 Å². The molecule has 0 aliphatic rings. The summed E-state index contributed by atoms with van der Waals surface area (Å²) >= 11 is 0. The molecule has 0 amide bonds. The number of anilines is 1. The van der Waals surface area contributed by atoms with Crippen LogP contribution in [-0.4, -0.2) is 4.98 Å². The molecule has 0 aliphatic heterocycles. The molecule has 1 N–H and O–H groups in total. The van der Waals surface area contributed by atoms with Gasteiger partial charge in [-0.1, -0.05) is 24.3 Å². The van der Waals surface area contributed by atoms with E-state index in [2.05, 4.69) is 10.3 Å². The summed E-state index contributed by atoms with van der Waals surface area (Å²) in [6.45, 7) is 0.501. The number of nitriles is 1. The maximum atomic E-state index is 13.6. The second-order valence-corrected chi connectivity index (χ2v) is 4.61. The van der Waals surface area contributed by atoms with Crippen LogP contribution in [0.5, 0.6) is 0 Å². The van der Waals surface area contributed by atoms with Crippen LogP contribution in [0.1, 0.15) is 11.1 Å². The largest absolute Gasteiger partial charge is 0.380 e. The molecular weight excluding hydrogens is 265 g/mol. The van der Waals surface area contributed by atoms with Crippen molar-refractivity contribution in [2.45, 2.75) is 6.54 Å². The molecule has 1 aromatic heterocycles. The fourth-order valence-corrected chi connectivity index (χ4v) is 2.28. The van der Waals surface area contributed by atoms with Crippen LogP contribution in [0.15, 0.2) is 54.7 Å². The van der Waals surface area contributed by atoms with Gasteiger partial charge in [0.2, 0.25) is 0 Å². The van der Waals surface area contributed by atoms with Crippen LogP contribution in [0, 0.1) is 17.1 Å². The normalized spacial score (nSPS) is 10.3. The Bertz CT molecular complexity index is 832. The van der Waals surface area contributed by atoms with Gasteiger partial charge in [0.25, 0.3) is 0 Å². The summed E-state index contributed by atoms with van der Waals surface area (Å²) in [5.41, 5.74) is 2.50. The maximum absolute atomic E-state index is 13.6. The SMILES string of the molecule is N#Cc1c(F)cccc1NCc1ccnc2ccccc12. The van der Waals surface area contributed by atoms with E-state index in [1.165, 1.54) is 6.07 Å². The number of hydrogen-bond donors (Lipinski definition) is 1. The van der Waals surface area contributed by atoms with Crippen molar-refractivity contribution in [2.75, 3.05) is 5.32 Å². The van der Waals surface area contributed by atoms with Gasteiger partial charge >= 0.3 is 0 Å². The molecule has 3 nitrogen and oxygen atoms in total. The zero-order chi connectivity index (χ0) is 14.7. The summed E-state index contributed by atoms with van der Waals surface area (Å²) in [6.07, 6.45) is 1.75. The van der Waals surface area contributed by atoms with E-state index in [1.807, 2.05) is 36.4 Å². The van der Waals surface area contributed by atoms with E-state index < -0.39 is 5.82 Å². The van der Waals surface area contributed by atoms with Crippen molar-refractivity contribution in [3.63, 3.8) is 0 Å². The lowest BCUT2D eigenvalue weighted by atomic mass is 10.1. The summed E-state index contributed by atoms with van der Waals surface area (Å²) in [4.78, 5) is 4.30. The molecule has 4 heteroatoms. The fraction of sp³-hybridized carbons (Fsp3) is 0.0588. The van der Waals surface area contributed by atoms with Gasteiger partial charge in [0, 0.05) is 18.1 Å². The minimum atomic E-state index is -0.512. The number of rotatable bonds is 3. The highest BCUT2D eigenvalue weighted by Gasteiger charge is 2.08. The van der Waals surface area contributed by atoms with Gasteiger partial charge in [-0.25, -0.2) is 4.39 Å². The fourth-order valence-electron chi connectivity index (χ4n) is 2.28. The van der Waals surface area contributed by atoms with Crippen molar-refractivity contribution in [3.05, 3.63) is 71.7 Å². The number of halogens is 1. The highest BCUT2D eigenvalue weighted by molar-refractivity contribution is 5.82. The first-order chi connectivity index (χ1) is 10.3. The zero-order valence-electron chi connectivity index (χ0n) is 11.2. The monoisotopic (exact) mass is 277 g/mol. The third-order valence-electron chi connectivity index (χ3n) is 3.33. The Morgan fingerprint density at radius 3 is 2.81 bits per heavy atom. The second-order valence-electron chi connectivity index (χ2n) is 4.61. The Hall–Kier alpha value is -2.93. The first-order valence-electron chi connectivity index (χ1n) is 6.54. The summed E-state index contributed by atoms with van der Waals surface area (Å²) in [6, 6.07) is 16.2. The Labute approximate surface area is 121 Å². The van der Waals surface area contributed by atoms with Gasteiger partial charge < -0.3 is 5.32 Å². The van der Waals surface area contributed by atoms with Crippen LogP contribution >= 0.6 is 0 Å². The lowest BCUT2D eigenvalue weighted by Gasteiger charge is -2.10. The van der Waals surface area contributed by atoms with E-state index in [4.69, 9.17) is 5.26 Å². The third kappa shape index (κ3) is 2.54. The molecule has 0 spiro atoms. The molecule has 0 saturated heterocycles. The van der Waals surface area contributed by atoms with Crippen molar-refractivity contribution in [1.82, 2.24) is 4.98 Å². The van der Waals surface area contributed by atoms with Gasteiger partial charge in [-0.3, -0.25) is 4.98 Å². The Balaban J connectivity index is 1.91. The molecule has 0 aliphatic carbocycles. The smallest absolute Gasteiger partial charge is 0.143 e. The predicted molar refractivity (Wildman–Crippen MR) is 80.2 cm³/mol. The van der Waals surface area contributed by atoms with Crippen LogP contribution in [0.2, 0.25) is 0 Å². The summed E-state index contributed by atoms with van der Waals surface area (Å²) in [7, 11) is 0. The van der Waals surface area contributed by atoms with Crippen LogP contribution in [0.25, 0.3) is 10.9 Å². The molecule has 3 rings (SSSR count). The van der Waals surface area contributed by atoms with Gasteiger partial charge in [0.1, 0.15) is 17.4 Å². The van der Waals surface area contributed by atoms with Gasteiger partial charge in [-0.15, -0.1) is 0 Å². The molecule has 102 valence electrons. The van der Waals surface area contributed by atoms with E-state index in [1.54, 1.807) is 18.3 Å². The van der Waals surface area contributed by atoms with Crippen LogP contribution in [-0.2, 0) is 6.54 Å². The van der Waals surface area contributed by atoms with E-state index in [9.17, 15) is 4.39 Å². The van der Waals surface area contributed by atoms with Gasteiger partial charge in [-0.05, 0) is 29.8 Å². The highest BCUT2D eigenvalue weighted by Crippen LogP contribution is 2.21. The maximum Gasteiger partial charge on any atom is 0.143 e. The number of para-hydroxylation sites is 1. The van der Waals surface area contributed by atoms with E-state index in [0.29, 0.717) is 12.2 Å². The van der Waals surface area contributed by atoms with Crippen LogP contribution < -0.4 is 5.32 Å². The third-order valence-corrected chi connectivity index (χ3v) is 3.33. The minimum Gasteiger partial charge on any atom is -0.380 e. The molecule has 0 bridgehead atoms. The Morgan fingerprint density at radius 1 is 1.10 bits per heavy atom. The van der Waals surface area contributed by atoms with Crippen molar-refractivity contribution < 1.29 is 4.39 Å². The number of fused-ring (bicyclic) bond motifs is 1. The molecule has 0 fully saturated rings. The molecule has 2 aromatic carbocycles. The summed E-state index contributed by atoms with van der Waals surface area (Å²) in [5, 5.41) is 13.2. The summed E-state index contributed by atoms with van der Waals surface area (Å²) in [5.74, 6) is -0.512. The second kappa shape index (κ2) is 5.59. The molecule has 0 unspecified atom stereocenters. The van der Waals surface area contributed by atoms with E-state index in [0.717, 1.165) is 16.5 Å². The van der Waals surface area contributed by atoms with Gasteiger partial charge in [0.15, 0.2) is 0 Å². The Morgan fingerprint density at radius 2 is 1.95 bits per heavy atom. The number of hydrogen-bond acceptors (Lipinski definition) is 3. The quantitative estimate of drug-likeness (QED) is 0.791. The lowest BCUT2D eigenvalue weighted by Crippen LogP contribution is -2.03. The molecule has 0 atom stereocenters. The molecule has 0 saturated carbocycles. The zero-order valence-corrected chi connectivity index (χ0v) is 11.2. The number of pyridine rings is 1. The Kier molecular flexibility index (Phi) is 3.48. The molecule has 1 heterocycles. The molecule has 0 radical (unpaired) electrons. The number of nitrogens with zero attached hydrogens (tertiary/aromatic N) is 2. The van der Waals surface area contributed by atoms with E-state index in [-0.39, 0.29) is 5.56 Å². The van der Waals surface area contributed by atoms with Gasteiger partial charge in [-0.2, -0.15) is 5.26 Å². The van der Waals surface area contributed by atoms with Crippen molar-refractivity contribution in [1.29, 1.82) is 5.26 Å². The number of nitrogens with one attached hydrogen (secondary N) is 1. The van der Waals surface area contributed by atoms with Crippen molar-refractivity contribution in [3.8, 4) is 6.07 Å². The van der Waals surface area contributed by atoms with Gasteiger partial charge in [0.05, 0.1) is 11.2 Å². The number of aromatic nitrogens is 1. The van der Waals surface area contributed by atoms with Crippen LogP contribution in [0.3, 0.4) is 0 Å². The first kappa shape index (κ1) is 13.1. The molecular formula is C17H12FN3. The standard InChI is InChI=1S/C17H12FN3/c18-15-5-3-7-17(14(15)10-19)21-11-12-8-9-20-16-6-2-1-4-13(12)16/h1-9,21H,11H2. The molecule has 3 aromatic rings. The summed E-state index contributed by atoms with van der Waals surface area (Å²) < 4.78 is 13.6. The molecule has 21 heavy (non-hydrogen) atoms. The van der Waals surface area contributed by atoms with Crippen molar-refractivity contribution >= 4 is 16.6 Å². The lowest BCUT2D eigenvalue weighted by molar-refractivity contribution is 0.624. The minimum absolute atomic E-state index is 0.0378. The first-order valence-corrected chi connectivity index (χ1v) is 6.54. The topological polar surface area (TPSA) is 48.7 Å². The highest BCUT2D eigenvalue weighted by atomic mass is 19.1. The number of benzene rings is 2.